The van der Waals surface area contributed by atoms with Gasteiger partial charge in [0, 0.05) is 13.1 Å². The minimum atomic E-state index is -0.807. The molecule has 6 heteroatoms. The normalized spacial score (nSPS) is 24.0. The molecular formula is C17H30N2O4. The van der Waals surface area contributed by atoms with Gasteiger partial charge in [-0.25, -0.2) is 4.79 Å². The number of ether oxygens (including phenoxy) is 1. The van der Waals surface area contributed by atoms with Crippen LogP contribution in [0.1, 0.15) is 53.9 Å². The molecule has 0 radical (unpaired) electrons. The van der Waals surface area contributed by atoms with Crippen molar-refractivity contribution in [2.75, 3.05) is 26.2 Å². The van der Waals surface area contributed by atoms with Crippen LogP contribution in [0.25, 0.3) is 0 Å². The van der Waals surface area contributed by atoms with Crippen LogP contribution in [-0.4, -0.2) is 64.3 Å². The molecule has 0 bridgehead atoms. The number of carboxylic acid groups (broad SMARTS) is 1. The van der Waals surface area contributed by atoms with Gasteiger partial charge in [-0.2, -0.15) is 0 Å². The number of nitrogens with zero attached hydrogens (tertiary/aromatic N) is 2. The molecule has 2 rings (SSSR count). The number of hydrogen-bond acceptors (Lipinski definition) is 4. The van der Waals surface area contributed by atoms with Gasteiger partial charge in [-0.15, -0.1) is 0 Å². The molecule has 132 valence electrons. The number of amides is 1. The minimum absolute atomic E-state index is 0.0761. The van der Waals surface area contributed by atoms with Crippen LogP contribution >= 0.6 is 0 Å². The van der Waals surface area contributed by atoms with E-state index < -0.39 is 17.1 Å². The van der Waals surface area contributed by atoms with E-state index in [1.807, 2.05) is 20.8 Å². The molecule has 2 saturated heterocycles. The number of carbonyl (C=O) groups is 2. The number of rotatable bonds is 3. The number of aliphatic carboxylic acids is 1. The number of likely N-dealkylation sites (tertiary alicyclic amines) is 2. The first kappa shape index (κ1) is 18.0. The fourth-order valence-corrected chi connectivity index (χ4v) is 3.41. The maximum atomic E-state index is 12.1. The SMILES string of the molecule is CC1(C)CCN(C2(CC(=O)O)CN(C(=O)OC(C)(C)C)C2)CC1. The number of carboxylic acids is 1. The highest BCUT2D eigenvalue weighted by Crippen LogP contribution is 2.38. The molecule has 0 unspecified atom stereocenters. The summed E-state index contributed by atoms with van der Waals surface area (Å²) in [5.74, 6) is -0.807. The Morgan fingerprint density at radius 2 is 1.65 bits per heavy atom. The van der Waals surface area contributed by atoms with Gasteiger partial charge in [0.25, 0.3) is 0 Å². The molecule has 0 aliphatic carbocycles. The van der Waals surface area contributed by atoms with Crippen molar-refractivity contribution in [1.82, 2.24) is 9.80 Å². The molecule has 0 spiro atoms. The molecule has 2 aliphatic rings. The molecule has 23 heavy (non-hydrogen) atoms. The van der Waals surface area contributed by atoms with Crippen molar-refractivity contribution in [3.05, 3.63) is 0 Å². The first-order valence-corrected chi connectivity index (χ1v) is 8.37. The maximum absolute atomic E-state index is 12.1. The highest BCUT2D eigenvalue weighted by atomic mass is 16.6. The van der Waals surface area contributed by atoms with Gasteiger partial charge in [0.15, 0.2) is 0 Å². The summed E-state index contributed by atoms with van der Waals surface area (Å²) in [6.07, 6.45) is 1.84. The van der Waals surface area contributed by atoms with Crippen LogP contribution in [0.3, 0.4) is 0 Å². The molecule has 2 fully saturated rings. The maximum Gasteiger partial charge on any atom is 0.410 e. The van der Waals surface area contributed by atoms with E-state index in [0.717, 1.165) is 25.9 Å². The standard InChI is InChI=1S/C17H30N2O4/c1-15(2,3)23-14(22)18-11-17(12-18,10-13(20)21)19-8-6-16(4,5)7-9-19/h6-12H2,1-5H3,(H,20,21). The molecule has 0 atom stereocenters. The Morgan fingerprint density at radius 1 is 1.13 bits per heavy atom. The molecule has 2 heterocycles. The number of piperidine rings is 1. The summed E-state index contributed by atoms with van der Waals surface area (Å²) in [4.78, 5) is 27.3. The van der Waals surface area contributed by atoms with Gasteiger partial charge in [0.1, 0.15) is 5.60 Å². The third kappa shape index (κ3) is 4.37. The molecule has 1 amide bonds. The summed E-state index contributed by atoms with van der Waals surface area (Å²) in [5.41, 5.74) is -0.647. The Kier molecular flexibility index (Phi) is 4.68. The second kappa shape index (κ2) is 5.96. The first-order valence-electron chi connectivity index (χ1n) is 8.37. The Hall–Kier alpha value is -1.30. The predicted molar refractivity (Wildman–Crippen MR) is 87.4 cm³/mol. The lowest BCUT2D eigenvalue weighted by molar-refractivity contribution is -0.147. The summed E-state index contributed by atoms with van der Waals surface area (Å²) in [6.45, 7) is 12.7. The summed E-state index contributed by atoms with van der Waals surface area (Å²) in [5, 5.41) is 9.30. The lowest BCUT2D eigenvalue weighted by Gasteiger charge is -2.57. The van der Waals surface area contributed by atoms with E-state index in [1.54, 1.807) is 4.90 Å². The second-order valence-corrected chi connectivity index (χ2v) is 8.78. The quantitative estimate of drug-likeness (QED) is 0.863. The molecule has 0 aromatic rings. The van der Waals surface area contributed by atoms with Crippen molar-refractivity contribution < 1.29 is 19.4 Å². The summed E-state index contributed by atoms with van der Waals surface area (Å²) in [6, 6.07) is 0. The van der Waals surface area contributed by atoms with Crippen molar-refractivity contribution in [2.45, 2.75) is 65.0 Å². The Balaban J connectivity index is 2.01. The van der Waals surface area contributed by atoms with Crippen molar-refractivity contribution >= 4 is 12.1 Å². The summed E-state index contributed by atoms with van der Waals surface area (Å²) >= 11 is 0. The van der Waals surface area contributed by atoms with Gasteiger partial charge in [-0.1, -0.05) is 13.8 Å². The summed E-state index contributed by atoms with van der Waals surface area (Å²) < 4.78 is 5.38. The zero-order valence-electron chi connectivity index (χ0n) is 15.0. The van der Waals surface area contributed by atoms with Crippen molar-refractivity contribution in [3.8, 4) is 0 Å². The van der Waals surface area contributed by atoms with E-state index in [9.17, 15) is 14.7 Å². The zero-order valence-corrected chi connectivity index (χ0v) is 15.0. The van der Waals surface area contributed by atoms with Crippen molar-refractivity contribution in [1.29, 1.82) is 0 Å². The molecule has 2 aliphatic heterocycles. The van der Waals surface area contributed by atoms with Crippen LogP contribution in [0.5, 0.6) is 0 Å². The second-order valence-electron chi connectivity index (χ2n) is 8.78. The van der Waals surface area contributed by atoms with Gasteiger partial charge < -0.3 is 14.7 Å². The van der Waals surface area contributed by atoms with Crippen molar-refractivity contribution in [3.63, 3.8) is 0 Å². The van der Waals surface area contributed by atoms with Gasteiger partial charge in [-0.05, 0) is 52.1 Å². The average Bonchev–Trinajstić information content (AvgIpc) is 2.30. The third-order valence-corrected chi connectivity index (χ3v) is 4.89. The largest absolute Gasteiger partial charge is 0.481 e. The van der Waals surface area contributed by atoms with Crippen LogP contribution in [0.2, 0.25) is 0 Å². The Labute approximate surface area is 138 Å². The fraction of sp³-hybridized carbons (Fsp3) is 0.882. The number of hydrogen-bond donors (Lipinski definition) is 1. The fourth-order valence-electron chi connectivity index (χ4n) is 3.41. The summed E-state index contributed by atoms with van der Waals surface area (Å²) in [7, 11) is 0. The molecule has 0 saturated carbocycles. The Morgan fingerprint density at radius 3 is 2.09 bits per heavy atom. The Bertz CT molecular complexity index is 465. The van der Waals surface area contributed by atoms with Crippen LogP contribution in [-0.2, 0) is 9.53 Å². The van der Waals surface area contributed by atoms with E-state index in [4.69, 9.17) is 4.74 Å². The minimum Gasteiger partial charge on any atom is -0.481 e. The van der Waals surface area contributed by atoms with Crippen LogP contribution in [0, 0.1) is 5.41 Å². The van der Waals surface area contributed by atoms with Gasteiger partial charge in [0.2, 0.25) is 0 Å². The van der Waals surface area contributed by atoms with Gasteiger partial charge >= 0.3 is 12.1 Å². The molecule has 1 N–H and O–H groups in total. The van der Waals surface area contributed by atoms with Crippen molar-refractivity contribution in [2.24, 2.45) is 5.41 Å². The lowest BCUT2D eigenvalue weighted by atomic mass is 9.77. The van der Waals surface area contributed by atoms with E-state index >= 15 is 0 Å². The molecular weight excluding hydrogens is 296 g/mol. The molecule has 0 aromatic carbocycles. The monoisotopic (exact) mass is 326 g/mol. The molecule has 0 aromatic heterocycles. The third-order valence-electron chi connectivity index (χ3n) is 4.89. The predicted octanol–water partition coefficient (Wildman–Crippen LogP) is 2.57. The van der Waals surface area contributed by atoms with E-state index in [1.165, 1.54) is 0 Å². The highest BCUT2D eigenvalue weighted by Gasteiger charge is 2.52. The average molecular weight is 326 g/mol. The zero-order chi connectivity index (χ0) is 17.5. The van der Waals surface area contributed by atoms with E-state index in [0.29, 0.717) is 18.5 Å². The smallest absolute Gasteiger partial charge is 0.410 e. The van der Waals surface area contributed by atoms with Crippen LogP contribution in [0.4, 0.5) is 4.79 Å². The highest BCUT2D eigenvalue weighted by molar-refractivity contribution is 5.73. The lowest BCUT2D eigenvalue weighted by Crippen LogP contribution is -2.73. The van der Waals surface area contributed by atoms with Crippen LogP contribution < -0.4 is 0 Å². The molecule has 6 nitrogen and oxygen atoms in total. The first-order chi connectivity index (χ1) is 10.4. The number of carbonyl (C=O) groups excluding carboxylic acids is 1. The topological polar surface area (TPSA) is 70.1 Å². The van der Waals surface area contributed by atoms with Crippen LogP contribution in [0.15, 0.2) is 0 Å². The van der Waals surface area contributed by atoms with E-state index in [2.05, 4.69) is 18.7 Å². The van der Waals surface area contributed by atoms with Gasteiger partial charge in [0.05, 0.1) is 12.0 Å². The van der Waals surface area contributed by atoms with Gasteiger partial charge in [-0.3, -0.25) is 9.69 Å². The van der Waals surface area contributed by atoms with E-state index in [-0.39, 0.29) is 12.5 Å².